The number of nitrogens with one attached hydrogen (secondary N) is 1. The van der Waals surface area contributed by atoms with Crippen molar-refractivity contribution >= 4 is 41.0 Å². The van der Waals surface area contributed by atoms with Crippen LogP contribution in [0.3, 0.4) is 0 Å². The Bertz CT molecular complexity index is 889. The van der Waals surface area contributed by atoms with Crippen LogP contribution in [0.15, 0.2) is 57.8 Å². The number of benzene rings is 2. The third kappa shape index (κ3) is 4.83. The van der Waals surface area contributed by atoms with Crippen LogP contribution in [-0.4, -0.2) is 17.9 Å². The molecule has 0 aliphatic heterocycles. The predicted octanol–water partition coefficient (Wildman–Crippen LogP) is 4.05. The minimum Gasteiger partial charge on any atom is -0.354 e. The third-order valence-corrected chi connectivity index (χ3v) is 4.45. The van der Waals surface area contributed by atoms with Gasteiger partial charge in [-0.05, 0) is 42.0 Å². The zero-order chi connectivity index (χ0) is 18.4. The van der Waals surface area contributed by atoms with Gasteiger partial charge in [-0.3, -0.25) is 14.9 Å². The number of nitro benzene ring substituents is 1. The highest BCUT2D eigenvalue weighted by Crippen LogP contribution is 2.36. The summed E-state index contributed by atoms with van der Waals surface area (Å²) in [6.07, 6.45) is 1.31. The summed E-state index contributed by atoms with van der Waals surface area (Å²) in [5, 5.41) is 23.3. The van der Waals surface area contributed by atoms with E-state index >= 15 is 0 Å². The van der Waals surface area contributed by atoms with E-state index in [0.29, 0.717) is 15.5 Å². The van der Waals surface area contributed by atoms with Gasteiger partial charge < -0.3 is 5.32 Å². The van der Waals surface area contributed by atoms with Crippen LogP contribution in [0.2, 0.25) is 5.02 Å². The maximum absolute atomic E-state index is 11.6. The summed E-state index contributed by atoms with van der Waals surface area (Å²) in [7, 11) is 1.40. The van der Waals surface area contributed by atoms with Crippen molar-refractivity contribution < 1.29 is 9.72 Å². The molecule has 2 rings (SSSR count). The van der Waals surface area contributed by atoms with Gasteiger partial charge in [-0.25, -0.2) is 0 Å². The number of rotatable bonds is 5. The SMILES string of the molecule is CNC(=O)C(C#N)=Cc1ccc(Sc2ccc(Cl)cc2)c([N+](=O)[O-])c1. The highest BCUT2D eigenvalue weighted by Gasteiger charge is 2.16. The maximum Gasteiger partial charge on any atom is 0.283 e. The van der Waals surface area contributed by atoms with Gasteiger partial charge in [-0.15, -0.1) is 0 Å². The number of halogens is 1. The van der Waals surface area contributed by atoms with Gasteiger partial charge in [0.05, 0.1) is 9.82 Å². The molecule has 2 aromatic rings. The molecule has 0 aromatic heterocycles. The first-order valence-electron chi connectivity index (χ1n) is 7.00. The number of amides is 1. The number of nitriles is 1. The topological polar surface area (TPSA) is 96.0 Å². The zero-order valence-corrected chi connectivity index (χ0v) is 14.6. The fraction of sp³-hybridized carbons (Fsp3) is 0.0588. The molecule has 0 spiro atoms. The van der Waals surface area contributed by atoms with Crippen molar-refractivity contribution in [3.63, 3.8) is 0 Å². The van der Waals surface area contributed by atoms with Crippen LogP contribution < -0.4 is 5.32 Å². The van der Waals surface area contributed by atoms with E-state index in [1.807, 2.05) is 0 Å². The summed E-state index contributed by atoms with van der Waals surface area (Å²) >= 11 is 7.06. The van der Waals surface area contributed by atoms with E-state index in [4.69, 9.17) is 16.9 Å². The smallest absolute Gasteiger partial charge is 0.283 e. The summed E-state index contributed by atoms with van der Waals surface area (Å²) in [5.74, 6) is -0.551. The van der Waals surface area contributed by atoms with Crippen LogP contribution in [0.4, 0.5) is 5.69 Å². The molecule has 0 saturated heterocycles. The Labute approximate surface area is 153 Å². The molecule has 25 heavy (non-hydrogen) atoms. The van der Waals surface area contributed by atoms with Crippen LogP contribution in [0, 0.1) is 21.4 Å². The molecular formula is C17H12ClN3O3S. The minimum atomic E-state index is -0.551. The zero-order valence-electron chi connectivity index (χ0n) is 13.0. The van der Waals surface area contributed by atoms with Crippen LogP contribution >= 0.6 is 23.4 Å². The second kappa shape index (κ2) is 8.33. The molecule has 0 aliphatic carbocycles. The van der Waals surface area contributed by atoms with E-state index in [1.165, 1.54) is 31.0 Å². The molecule has 2 aromatic carbocycles. The van der Waals surface area contributed by atoms with E-state index < -0.39 is 10.8 Å². The third-order valence-electron chi connectivity index (χ3n) is 3.12. The van der Waals surface area contributed by atoms with Gasteiger partial charge in [-0.1, -0.05) is 29.4 Å². The monoisotopic (exact) mass is 373 g/mol. The number of hydrogen-bond acceptors (Lipinski definition) is 5. The Kier molecular flexibility index (Phi) is 6.17. The lowest BCUT2D eigenvalue weighted by Crippen LogP contribution is -2.19. The number of nitrogens with zero attached hydrogens (tertiary/aromatic N) is 2. The normalized spacial score (nSPS) is 10.8. The molecule has 6 nitrogen and oxygen atoms in total. The van der Waals surface area contributed by atoms with Crippen molar-refractivity contribution in [2.24, 2.45) is 0 Å². The first-order chi connectivity index (χ1) is 11.9. The van der Waals surface area contributed by atoms with Crippen molar-refractivity contribution in [3.05, 3.63) is 68.7 Å². The first kappa shape index (κ1) is 18.5. The highest BCUT2D eigenvalue weighted by atomic mass is 35.5. The van der Waals surface area contributed by atoms with Crippen LogP contribution in [0.1, 0.15) is 5.56 Å². The Balaban J connectivity index is 2.39. The van der Waals surface area contributed by atoms with Crippen molar-refractivity contribution in [2.45, 2.75) is 9.79 Å². The summed E-state index contributed by atoms with van der Waals surface area (Å²) in [6.45, 7) is 0. The van der Waals surface area contributed by atoms with E-state index in [9.17, 15) is 14.9 Å². The fourth-order valence-corrected chi connectivity index (χ4v) is 2.96. The molecule has 0 unspecified atom stereocenters. The average molecular weight is 374 g/mol. The highest BCUT2D eigenvalue weighted by molar-refractivity contribution is 7.99. The van der Waals surface area contributed by atoms with Gasteiger partial charge in [0.2, 0.25) is 0 Å². The molecule has 126 valence electrons. The predicted molar refractivity (Wildman–Crippen MR) is 96.3 cm³/mol. The van der Waals surface area contributed by atoms with E-state index in [1.54, 1.807) is 42.5 Å². The molecule has 1 N–H and O–H groups in total. The molecule has 0 fully saturated rings. The summed E-state index contributed by atoms with van der Waals surface area (Å²) in [6, 6.07) is 13.2. The second-order valence-electron chi connectivity index (χ2n) is 4.79. The standard InChI is InChI=1S/C17H12ClN3O3S/c1-20-17(22)12(10-19)8-11-2-7-16(15(9-11)21(23)24)25-14-5-3-13(18)4-6-14/h2-9H,1H3,(H,20,22). The lowest BCUT2D eigenvalue weighted by Gasteiger charge is -2.05. The van der Waals surface area contributed by atoms with Gasteiger partial charge in [0.1, 0.15) is 11.6 Å². The van der Waals surface area contributed by atoms with Crippen molar-refractivity contribution in [3.8, 4) is 6.07 Å². The van der Waals surface area contributed by atoms with Crippen molar-refractivity contribution in [1.29, 1.82) is 5.26 Å². The van der Waals surface area contributed by atoms with Crippen molar-refractivity contribution in [1.82, 2.24) is 5.32 Å². The molecule has 0 saturated carbocycles. The van der Waals surface area contributed by atoms with Crippen molar-refractivity contribution in [2.75, 3.05) is 7.05 Å². The van der Waals surface area contributed by atoms with E-state index in [0.717, 1.165) is 4.90 Å². The van der Waals surface area contributed by atoms with Gasteiger partial charge in [0.25, 0.3) is 11.6 Å². The maximum atomic E-state index is 11.6. The molecule has 0 heterocycles. The molecule has 0 aliphatic rings. The number of carbonyl (C=O) groups excluding carboxylic acids is 1. The number of likely N-dealkylation sites (N-methyl/N-ethyl adjacent to an activating group) is 1. The molecule has 0 bridgehead atoms. The first-order valence-corrected chi connectivity index (χ1v) is 8.19. The Morgan fingerprint density at radius 1 is 1.32 bits per heavy atom. The number of nitro groups is 1. The Hall–Kier alpha value is -2.82. The molecule has 0 atom stereocenters. The van der Waals surface area contributed by atoms with Crippen LogP contribution in [-0.2, 0) is 4.79 Å². The number of carbonyl (C=O) groups is 1. The van der Waals surface area contributed by atoms with E-state index in [-0.39, 0.29) is 11.3 Å². The quantitative estimate of drug-likeness (QED) is 0.369. The second-order valence-corrected chi connectivity index (χ2v) is 6.34. The van der Waals surface area contributed by atoms with Crippen LogP contribution in [0.5, 0.6) is 0 Å². The van der Waals surface area contributed by atoms with Gasteiger partial charge in [-0.2, -0.15) is 5.26 Å². The summed E-state index contributed by atoms with van der Waals surface area (Å²) in [4.78, 5) is 23.7. The molecule has 0 radical (unpaired) electrons. The molecule has 8 heteroatoms. The Morgan fingerprint density at radius 2 is 2.00 bits per heavy atom. The fourth-order valence-electron chi connectivity index (χ4n) is 1.93. The van der Waals surface area contributed by atoms with Crippen LogP contribution in [0.25, 0.3) is 6.08 Å². The van der Waals surface area contributed by atoms with Gasteiger partial charge >= 0.3 is 0 Å². The molecular weight excluding hydrogens is 362 g/mol. The summed E-state index contributed by atoms with van der Waals surface area (Å²) < 4.78 is 0. The average Bonchev–Trinajstić information content (AvgIpc) is 2.61. The Morgan fingerprint density at radius 3 is 2.56 bits per heavy atom. The van der Waals surface area contributed by atoms with E-state index in [2.05, 4.69) is 5.32 Å². The van der Waals surface area contributed by atoms with Gasteiger partial charge in [0.15, 0.2) is 0 Å². The lowest BCUT2D eigenvalue weighted by atomic mass is 10.1. The lowest BCUT2D eigenvalue weighted by molar-refractivity contribution is -0.387. The summed E-state index contributed by atoms with van der Waals surface area (Å²) in [5.41, 5.74) is 0.158. The minimum absolute atomic E-state index is 0.108. The largest absolute Gasteiger partial charge is 0.354 e. The molecule has 1 amide bonds. The number of hydrogen-bond donors (Lipinski definition) is 1. The van der Waals surface area contributed by atoms with Gasteiger partial charge in [0, 0.05) is 23.0 Å².